The zero-order valence-electron chi connectivity index (χ0n) is 24.4. The molecule has 0 amide bonds. The molecule has 1 fully saturated rings. The number of benzene rings is 1. The highest BCUT2D eigenvalue weighted by Crippen LogP contribution is 2.40. The molecule has 1 saturated heterocycles. The quantitative estimate of drug-likeness (QED) is 0.273. The Kier molecular flexibility index (Phi) is 9.28. The summed E-state index contributed by atoms with van der Waals surface area (Å²) in [6.07, 6.45) is 4.49. The summed E-state index contributed by atoms with van der Waals surface area (Å²) < 4.78 is 30.3. The lowest BCUT2D eigenvalue weighted by molar-refractivity contribution is -0.146. The molecule has 0 radical (unpaired) electrons. The van der Waals surface area contributed by atoms with Crippen molar-refractivity contribution in [3.8, 4) is 22.9 Å². The Morgan fingerprint density at radius 3 is 2.45 bits per heavy atom. The van der Waals surface area contributed by atoms with Crippen LogP contribution in [0.5, 0.6) is 11.6 Å². The maximum atomic E-state index is 13.2. The Labute approximate surface area is 236 Å². The van der Waals surface area contributed by atoms with Gasteiger partial charge in [0.15, 0.2) is 5.75 Å². The molecule has 0 N–H and O–H groups in total. The maximum Gasteiger partial charge on any atom is 0.310 e. The Balaban J connectivity index is 1.65. The van der Waals surface area contributed by atoms with E-state index >= 15 is 0 Å². The number of piperidine rings is 1. The number of aryl methyl sites for hydroxylation is 1. The van der Waals surface area contributed by atoms with E-state index in [0.29, 0.717) is 30.4 Å². The maximum absolute atomic E-state index is 13.2. The lowest BCUT2D eigenvalue weighted by Gasteiger charge is -2.40. The number of esters is 1. The van der Waals surface area contributed by atoms with E-state index in [1.807, 2.05) is 39.1 Å². The van der Waals surface area contributed by atoms with Crippen molar-refractivity contribution < 1.29 is 23.4 Å². The number of pyridine rings is 2. The van der Waals surface area contributed by atoms with E-state index in [1.165, 1.54) is 12.1 Å². The molecule has 3 aromatic rings. The summed E-state index contributed by atoms with van der Waals surface area (Å²) in [4.78, 5) is 24.6. The zero-order chi connectivity index (χ0) is 28.9. The SMILES string of the molecule is COc1nc(-c2cnc(C)c(CC(=O)OC(C)C)c2N2CCC(C)(C)CC2)ccc1OCCc1ccc(F)cc1. The average molecular weight is 550 g/mol. The number of methoxy groups -OCH3 is 1. The van der Waals surface area contributed by atoms with Crippen LogP contribution in [0.2, 0.25) is 0 Å². The Bertz CT molecular complexity index is 1310. The molecule has 7 nitrogen and oxygen atoms in total. The number of carbonyl (C=O) groups is 1. The highest BCUT2D eigenvalue weighted by molar-refractivity contribution is 5.84. The van der Waals surface area contributed by atoms with Gasteiger partial charge in [-0.25, -0.2) is 9.37 Å². The first-order chi connectivity index (χ1) is 19.1. The molecule has 1 aromatic carbocycles. The van der Waals surface area contributed by atoms with E-state index in [0.717, 1.165) is 54.0 Å². The number of hydrogen-bond acceptors (Lipinski definition) is 7. The summed E-state index contributed by atoms with van der Waals surface area (Å²) in [5.41, 5.74) is 5.42. The van der Waals surface area contributed by atoms with Crippen LogP contribution in [0.25, 0.3) is 11.3 Å². The molecule has 1 aliphatic heterocycles. The van der Waals surface area contributed by atoms with Gasteiger partial charge in [0.05, 0.1) is 37.6 Å². The van der Waals surface area contributed by atoms with Crippen molar-refractivity contribution in [2.75, 3.05) is 31.7 Å². The van der Waals surface area contributed by atoms with Crippen LogP contribution in [0, 0.1) is 18.2 Å². The van der Waals surface area contributed by atoms with Gasteiger partial charge in [-0.3, -0.25) is 9.78 Å². The van der Waals surface area contributed by atoms with Crippen molar-refractivity contribution in [3.05, 3.63) is 65.2 Å². The molecule has 0 saturated carbocycles. The Hall–Kier alpha value is -3.68. The molecule has 0 spiro atoms. The molecule has 0 bridgehead atoms. The van der Waals surface area contributed by atoms with Crippen molar-refractivity contribution in [3.63, 3.8) is 0 Å². The normalized spacial score (nSPS) is 14.8. The van der Waals surface area contributed by atoms with Crippen LogP contribution in [0.1, 0.15) is 57.4 Å². The Morgan fingerprint density at radius 1 is 1.10 bits per heavy atom. The van der Waals surface area contributed by atoms with Gasteiger partial charge >= 0.3 is 5.97 Å². The third-order valence-electron chi connectivity index (χ3n) is 7.34. The molecule has 40 heavy (non-hydrogen) atoms. The van der Waals surface area contributed by atoms with Gasteiger partial charge < -0.3 is 19.1 Å². The van der Waals surface area contributed by atoms with Crippen LogP contribution in [-0.4, -0.2) is 48.8 Å². The first-order valence-corrected chi connectivity index (χ1v) is 13.9. The fraction of sp³-hybridized carbons (Fsp3) is 0.469. The van der Waals surface area contributed by atoms with Crippen LogP contribution in [0.3, 0.4) is 0 Å². The number of nitrogens with zero attached hydrogens (tertiary/aromatic N) is 3. The van der Waals surface area contributed by atoms with Gasteiger partial charge in [0.25, 0.3) is 5.88 Å². The average Bonchev–Trinajstić information content (AvgIpc) is 2.91. The summed E-state index contributed by atoms with van der Waals surface area (Å²) >= 11 is 0. The van der Waals surface area contributed by atoms with Crippen LogP contribution >= 0.6 is 0 Å². The van der Waals surface area contributed by atoms with Crippen LogP contribution in [-0.2, 0) is 22.4 Å². The highest BCUT2D eigenvalue weighted by Gasteiger charge is 2.30. The fourth-order valence-electron chi connectivity index (χ4n) is 4.94. The third kappa shape index (κ3) is 7.29. The summed E-state index contributed by atoms with van der Waals surface area (Å²) in [7, 11) is 1.56. The van der Waals surface area contributed by atoms with Gasteiger partial charge in [-0.05, 0) is 68.9 Å². The predicted molar refractivity (Wildman–Crippen MR) is 155 cm³/mol. The highest BCUT2D eigenvalue weighted by atomic mass is 19.1. The molecule has 4 rings (SSSR count). The number of rotatable bonds is 10. The molecule has 0 aliphatic carbocycles. The lowest BCUT2D eigenvalue weighted by Crippen LogP contribution is -2.38. The van der Waals surface area contributed by atoms with Gasteiger partial charge in [0.2, 0.25) is 0 Å². The molecule has 0 atom stereocenters. The molecule has 2 aromatic heterocycles. The minimum Gasteiger partial charge on any atom is -0.488 e. The number of aromatic nitrogens is 2. The first-order valence-electron chi connectivity index (χ1n) is 13.9. The summed E-state index contributed by atoms with van der Waals surface area (Å²) in [5.74, 6) is 0.356. The topological polar surface area (TPSA) is 73.8 Å². The standard InChI is InChI=1S/C32H40FN3O4/c1-21(2)40-29(37)19-25-22(3)34-20-26(30(25)36-16-14-32(4,5)15-17-36)27-11-12-28(31(35-27)38-6)39-18-13-23-7-9-24(33)10-8-23/h7-12,20-21H,13-19H2,1-6H3. The molecule has 8 heteroatoms. The minimum atomic E-state index is -0.272. The van der Waals surface area contributed by atoms with Gasteiger partial charge in [-0.1, -0.05) is 26.0 Å². The van der Waals surface area contributed by atoms with E-state index in [4.69, 9.17) is 19.2 Å². The second-order valence-electron chi connectivity index (χ2n) is 11.4. The van der Waals surface area contributed by atoms with Crippen molar-refractivity contribution in [1.82, 2.24) is 9.97 Å². The summed E-state index contributed by atoms with van der Waals surface area (Å²) in [5, 5.41) is 0. The molecule has 3 heterocycles. The first kappa shape index (κ1) is 29.3. The molecule has 214 valence electrons. The van der Waals surface area contributed by atoms with Gasteiger partial charge in [0, 0.05) is 42.5 Å². The van der Waals surface area contributed by atoms with E-state index in [2.05, 4.69) is 23.7 Å². The van der Waals surface area contributed by atoms with Crippen molar-refractivity contribution >= 4 is 11.7 Å². The van der Waals surface area contributed by atoms with Crippen LogP contribution in [0.4, 0.5) is 10.1 Å². The van der Waals surface area contributed by atoms with Gasteiger partial charge in [0.1, 0.15) is 5.82 Å². The second-order valence-corrected chi connectivity index (χ2v) is 11.4. The zero-order valence-corrected chi connectivity index (χ0v) is 24.4. The van der Waals surface area contributed by atoms with Gasteiger partial charge in [-0.15, -0.1) is 0 Å². The third-order valence-corrected chi connectivity index (χ3v) is 7.34. The Morgan fingerprint density at radius 2 is 1.80 bits per heavy atom. The number of halogens is 1. The van der Waals surface area contributed by atoms with Crippen molar-refractivity contribution in [2.45, 2.75) is 66.4 Å². The molecular formula is C32H40FN3O4. The molecule has 1 aliphatic rings. The molecule has 0 unspecified atom stereocenters. The van der Waals surface area contributed by atoms with E-state index in [9.17, 15) is 9.18 Å². The monoisotopic (exact) mass is 549 g/mol. The smallest absolute Gasteiger partial charge is 0.310 e. The summed E-state index contributed by atoms with van der Waals surface area (Å²) in [6.45, 7) is 12.4. The van der Waals surface area contributed by atoms with Crippen molar-refractivity contribution in [2.24, 2.45) is 5.41 Å². The van der Waals surface area contributed by atoms with Crippen LogP contribution < -0.4 is 14.4 Å². The second kappa shape index (κ2) is 12.7. The number of ether oxygens (including phenoxy) is 3. The van der Waals surface area contributed by atoms with E-state index in [-0.39, 0.29) is 29.7 Å². The lowest BCUT2D eigenvalue weighted by atomic mass is 9.82. The number of carbonyl (C=O) groups excluding carboxylic acids is 1. The van der Waals surface area contributed by atoms with E-state index in [1.54, 1.807) is 19.2 Å². The van der Waals surface area contributed by atoms with Crippen molar-refractivity contribution in [1.29, 1.82) is 0 Å². The number of anilines is 1. The molecular weight excluding hydrogens is 509 g/mol. The van der Waals surface area contributed by atoms with Crippen LogP contribution in [0.15, 0.2) is 42.6 Å². The largest absolute Gasteiger partial charge is 0.488 e. The number of hydrogen-bond donors (Lipinski definition) is 0. The summed E-state index contributed by atoms with van der Waals surface area (Å²) in [6, 6.07) is 10.1. The minimum absolute atomic E-state index is 0.141. The van der Waals surface area contributed by atoms with Gasteiger partial charge in [-0.2, -0.15) is 0 Å². The predicted octanol–water partition coefficient (Wildman–Crippen LogP) is 6.34. The fourth-order valence-corrected chi connectivity index (χ4v) is 4.94. The van der Waals surface area contributed by atoms with E-state index < -0.39 is 0 Å².